The van der Waals surface area contributed by atoms with Crippen molar-refractivity contribution in [1.82, 2.24) is 10.7 Å². The van der Waals surface area contributed by atoms with E-state index in [9.17, 15) is 19.7 Å². The second-order valence-electron chi connectivity index (χ2n) is 4.59. The van der Waals surface area contributed by atoms with Crippen LogP contribution >= 0.6 is 0 Å². The largest absolute Gasteiger partial charge is 0.347 e. The van der Waals surface area contributed by atoms with Gasteiger partial charge in [0.25, 0.3) is 11.6 Å². The third-order valence-corrected chi connectivity index (χ3v) is 3.22. The van der Waals surface area contributed by atoms with Crippen LogP contribution in [0, 0.1) is 17.0 Å². The van der Waals surface area contributed by atoms with E-state index in [0.29, 0.717) is 11.1 Å². The SMILES string of the molecule is Cc1c(CNC(=O)C2=NNC(=O)CC2)cccc1[N+](=O)[O-]. The molecule has 1 heterocycles. The van der Waals surface area contributed by atoms with Crippen molar-refractivity contribution < 1.29 is 14.5 Å². The summed E-state index contributed by atoms with van der Waals surface area (Å²) in [5.74, 6) is -0.609. The third kappa shape index (κ3) is 3.41. The van der Waals surface area contributed by atoms with Crippen LogP contribution in [-0.4, -0.2) is 22.4 Å². The second kappa shape index (κ2) is 6.12. The minimum Gasteiger partial charge on any atom is -0.347 e. The first-order chi connectivity index (χ1) is 9.99. The van der Waals surface area contributed by atoms with Crippen molar-refractivity contribution in [2.75, 3.05) is 0 Å². The highest BCUT2D eigenvalue weighted by atomic mass is 16.6. The van der Waals surface area contributed by atoms with Crippen molar-refractivity contribution in [2.45, 2.75) is 26.3 Å². The van der Waals surface area contributed by atoms with Gasteiger partial charge >= 0.3 is 0 Å². The van der Waals surface area contributed by atoms with Gasteiger partial charge < -0.3 is 5.32 Å². The van der Waals surface area contributed by atoms with Crippen molar-refractivity contribution in [2.24, 2.45) is 5.10 Å². The molecule has 1 aliphatic heterocycles. The Morgan fingerprint density at radius 3 is 2.86 bits per heavy atom. The van der Waals surface area contributed by atoms with Gasteiger partial charge in [-0.25, -0.2) is 5.43 Å². The number of nitrogens with zero attached hydrogens (tertiary/aromatic N) is 2. The van der Waals surface area contributed by atoms with Gasteiger partial charge in [-0.05, 0) is 12.5 Å². The lowest BCUT2D eigenvalue weighted by Gasteiger charge is -2.12. The summed E-state index contributed by atoms with van der Waals surface area (Å²) in [5.41, 5.74) is 3.69. The summed E-state index contributed by atoms with van der Waals surface area (Å²) in [7, 11) is 0. The molecule has 2 N–H and O–H groups in total. The fraction of sp³-hybridized carbons (Fsp3) is 0.308. The Hall–Kier alpha value is -2.77. The summed E-state index contributed by atoms with van der Waals surface area (Å²) in [4.78, 5) is 33.2. The smallest absolute Gasteiger partial charge is 0.272 e. The highest BCUT2D eigenvalue weighted by Crippen LogP contribution is 2.20. The van der Waals surface area contributed by atoms with Crippen LogP contribution in [-0.2, 0) is 16.1 Å². The molecule has 1 aliphatic rings. The lowest BCUT2D eigenvalue weighted by atomic mass is 10.1. The fourth-order valence-electron chi connectivity index (χ4n) is 1.97. The van der Waals surface area contributed by atoms with Crippen LogP contribution < -0.4 is 10.7 Å². The summed E-state index contributed by atoms with van der Waals surface area (Å²) >= 11 is 0. The molecule has 0 saturated heterocycles. The quantitative estimate of drug-likeness (QED) is 0.630. The number of nitro groups is 1. The van der Waals surface area contributed by atoms with E-state index in [4.69, 9.17) is 0 Å². The number of hydrogen-bond donors (Lipinski definition) is 2. The number of hydrogen-bond acceptors (Lipinski definition) is 5. The van der Waals surface area contributed by atoms with Gasteiger partial charge in [-0.15, -0.1) is 0 Å². The van der Waals surface area contributed by atoms with Gasteiger partial charge in [-0.1, -0.05) is 12.1 Å². The molecule has 110 valence electrons. The first kappa shape index (κ1) is 14.6. The zero-order chi connectivity index (χ0) is 15.4. The molecule has 0 saturated carbocycles. The number of carbonyl (C=O) groups excluding carboxylic acids is 2. The van der Waals surface area contributed by atoms with E-state index in [1.54, 1.807) is 19.1 Å². The standard InChI is InChI=1S/C13H14N4O4/c1-8-9(3-2-4-11(8)17(20)21)7-14-13(19)10-5-6-12(18)16-15-10/h2-4H,5-7H2,1H3,(H,14,19)(H,16,18). The van der Waals surface area contributed by atoms with Crippen molar-refractivity contribution in [1.29, 1.82) is 0 Å². The molecule has 0 fully saturated rings. The van der Waals surface area contributed by atoms with Gasteiger partial charge in [0.05, 0.1) is 4.92 Å². The maximum Gasteiger partial charge on any atom is 0.272 e. The number of rotatable bonds is 4. The second-order valence-corrected chi connectivity index (χ2v) is 4.59. The van der Waals surface area contributed by atoms with E-state index in [1.807, 2.05) is 0 Å². The van der Waals surface area contributed by atoms with Crippen molar-refractivity contribution in [3.8, 4) is 0 Å². The van der Waals surface area contributed by atoms with Crippen LogP contribution in [0.5, 0.6) is 0 Å². The van der Waals surface area contributed by atoms with Crippen LogP contribution in [0.2, 0.25) is 0 Å². The van der Waals surface area contributed by atoms with Crippen LogP contribution in [0.15, 0.2) is 23.3 Å². The summed E-state index contributed by atoms with van der Waals surface area (Å²) in [6.45, 7) is 1.80. The Morgan fingerprint density at radius 1 is 1.48 bits per heavy atom. The zero-order valence-corrected chi connectivity index (χ0v) is 11.4. The van der Waals surface area contributed by atoms with E-state index in [0.717, 1.165) is 0 Å². The van der Waals surface area contributed by atoms with E-state index in [2.05, 4.69) is 15.8 Å². The van der Waals surface area contributed by atoms with Crippen LogP contribution in [0.25, 0.3) is 0 Å². The summed E-state index contributed by atoms with van der Waals surface area (Å²) in [5, 5.41) is 17.2. The molecule has 2 rings (SSSR count). The number of benzene rings is 1. The number of nitrogens with one attached hydrogen (secondary N) is 2. The predicted molar refractivity (Wildman–Crippen MR) is 74.5 cm³/mol. The lowest BCUT2D eigenvalue weighted by Crippen LogP contribution is -2.36. The number of carbonyl (C=O) groups is 2. The maximum atomic E-state index is 11.9. The molecule has 1 aromatic rings. The topological polar surface area (TPSA) is 114 Å². The molecule has 2 amide bonds. The molecule has 1 aromatic carbocycles. The molecule has 8 nitrogen and oxygen atoms in total. The summed E-state index contributed by atoms with van der Waals surface area (Å²) in [6, 6.07) is 4.71. The molecular formula is C13H14N4O4. The molecule has 0 radical (unpaired) electrons. The minimum absolute atomic E-state index is 0.0176. The molecule has 21 heavy (non-hydrogen) atoms. The van der Waals surface area contributed by atoms with Crippen LogP contribution in [0.3, 0.4) is 0 Å². The predicted octanol–water partition coefficient (Wildman–Crippen LogP) is 0.785. The summed E-state index contributed by atoms with van der Waals surface area (Å²) < 4.78 is 0. The number of hydrazone groups is 1. The van der Waals surface area contributed by atoms with Gasteiger partial charge in [0.15, 0.2) is 0 Å². The highest BCUT2D eigenvalue weighted by Gasteiger charge is 2.19. The average molecular weight is 290 g/mol. The highest BCUT2D eigenvalue weighted by molar-refractivity contribution is 6.39. The Kier molecular flexibility index (Phi) is 4.27. The Bertz CT molecular complexity index is 639. The molecule has 0 aromatic heterocycles. The van der Waals surface area contributed by atoms with E-state index >= 15 is 0 Å². The maximum absolute atomic E-state index is 11.9. The van der Waals surface area contributed by atoms with Gasteiger partial charge in [-0.3, -0.25) is 19.7 Å². The molecule has 0 bridgehead atoms. The molecule has 0 spiro atoms. The Morgan fingerprint density at radius 2 is 2.24 bits per heavy atom. The van der Waals surface area contributed by atoms with Crippen molar-refractivity contribution in [3.63, 3.8) is 0 Å². The van der Waals surface area contributed by atoms with Crippen LogP contribution in [0.1, 0.15) is 24.0 Å². The first-order valence-electron chi connectivity index (χ1n) is 6.35. The fourth-order valence-corrected chi connectivity index (χ4v) is 1.97. The van der Waals surface area contributed by atoms with E-state index in [-0.39, 0.29) is 42.6 Å². The molecule has 8 heteroatoms. The van der Waals surface area contributed by atoms with Gasteiger partial charge in [-0.2, -0.15) is 5.10 Å². The normalized spacial score (nSPS) is 14.1. The van der Waals surface area contributed by atoms with Crippen LogP contribution in [0.4, 0.5) is 5.69 Å². The van der Waals surface area contributed by atoms with Crippen molar-refractivity contribution >= 4 is 23.2 Å². The lowest BCUT2D eigenvalue weighted by molar-refractivity contribution is -0.385. The number of amides is 2. The first-order valence-corrected chi connectivity index (χ1v) is 6.35. The minimum atomic E-state index is -0.457. The van der Waals surface area contributed by atoms with E-state index in [1.165, 1.54) is 6.07 Å². The molecule has 0 atom stereocenters. The Balaban J connectivity index is 2.03. The van der Waals surface area contributed by atoms with Crippen molar-refractivity contribution in [3.05, 3.63) is 39.4 Å². The third-order valence-electron chi connectivity index (χ3n) is 3.22. The molecule has 0 unspecified atom stereocenters. The molecule has 0 aliphatic carbocycles. The monoisotopic (exact) mass is 290 g/mol. The molecular weight excluding hydrogens is 276 g/mol. The summed E-state index contributed by atoms with van der Waals surface area (Å²) in [6.07, 6.45) is 0.508. The average Bonchev–Trinajstić information content (AvgIpc) is 2.46. The van der Waals surface area contributed by atoms with Gasteiger partial charge in [0.2, 0.25) is 5.91 Å². The number of nitro benzene ring substituents is 1. The zero-order valence-electron chi connectivity index (χ0n) is 11.4. The Labute approximate surface area is 120 Å². The van der Waals surface area contributed by atoms with Gasteiger partial charge in [0.1, 0.15) is 5.71 Å². The van der Waals surface area contributed by atoms with Gasteiger partial charge in [0, 0.05) is 31.0 Å². The van der Waals surface area contributed by atoms with E-state index < -0.39 is 4.92 Å².